The molecule has 0 bridgehead atoms. The lowest BCUT2D eigenvalue weighted by atomic mass is 9.96. The Kier molecular flexibility index (Phi) is 38.2. The molecule has 14 amide bonds. The van der Waals surface area contributed by atoms with Crippen molar-refractivity contribution >= 4 is 135 Å². The van der Waals surface area contributed by atoms with Gasteiger partial charge in [-0.2, -0.15) is 0 Å². The quantitative estimate of drug-likeness (QED) is 0.00803. The highest BCUT2D eigenvalue weighted by molar-refractivity contribution is 6.06. The highest BCUT2D eigenvalue weighted by atomic mass is 16.5. The van der Waals surface area contributed by atoms with Gasteiger partial charge in [-0.15, -0.1) is 0 Å². The second-order valence-corrected chi connectivity index (χ2v) is 28.9. The number of benzene rings is 4. The fourth-order valence-electron chi connectivity index (χ4n) is 12.6. The number of unbranched alkanes of at least 4 members (excludes halogenated alkanes) is 2. The van der Waals surface area contributed by atoms with Gasteiger partial charge in [0.25, 0.3) is 5.91 Å². The first kappa shape index (κ1) is 98.4. The lowest BCUT2D eigenvalue weighted by Gasteiger charge is -2.30. The third-order valence-corrected chi connectivity index (χ3v) is 19.2. The van der Waals surface area contributed by atoms with Crippen molar-refractivity contribution in [3.05, 3.63) is 120 Å². The number of carboxylic acids is 4. The molecule has 4 aromatic carbocycles. The van der Waals surface area contributed by atoms with Crippen molar-refractivity contribution < 1.29 is 131 Å². The number of carbonyl (C=O) groups is 20. The second-order valence-electron chi connectivity index (χ2n) is 28.9. The van der Waals surface area contributed by atoms with Crippen LogP contribution in [0.4, 0.5) is 5.69 Å². The molecule has 5 aromatic rings. The van der Waals surface area contributed by atoms with Gasteiger partial charge in [0.15, 0.2) is 5.78 Å². The zero-order valence-electron chi connectivity index (χ0n) is 67.8. The van der Waals surface area contributed by atoms with Crippen molar-refractivity contribution in [3.8, 4) is 16.9 Å². The molecule has 668 valence electrons. The second kappa shape index (κ2) is 48.1. The van der Waals surface area contributed by atoms with Crippen LogP contribution in [0.2, 0.25) is 0 Å². The van der Waals surface area contributed by atoms with E-state index < -0.39 is 261 Å². The maximum absolute atomic E-state index is 14.9. The lowest BCUT2D eigenvalue weighted by molar-refractivity contribution is -0.156. The topological polar surface area (TPSA) is 711 Å². The molecule has 0 aliphatic carbocycles. The maximum Gasteiger partial charge on any atom is 0.329 e. The normalized spacial score (nSPS) is 20.4. The Morgan fingerprint density at radius 1 is 0.548 bits per heavy atom. The number of carbonyl (C=O) groups excluding carboxylic acids is 16. The third kappa shape index (κ3) is 31.0. The van der Waals surface area contributed by atoms with E-state index in [0.717, 1.165) is 45.6 Å². The number of para-hydroxylation sites is 2. The number of aromatic amines is 1. The monoisotopic (exact) mass is 1730 g/mol. The molecule has 1 aliphatic heterocycles. The molecule has 44 nitrogen and oxygen atoms in total. The molecule has 1 saturated heterocycles. The van der Waals surface area contributed by atoms with E-state index in [-0.39, 0.29) is 36.2 Å². The van der Waals surface area contributed by atoms with Crippen LogP contribution < -0.4 is 91.1 Å². The number of ketones is 1. The van der Waals surface area contributed by atoms with Crippen molar-refractivity contribution in [3.63, 3.8) is 0 Å². The molecular weight excluding hydrogens is 1630 g/mol. The van der Waals surface area contributed by atoms with Gasteiger partial charge in [-0.3, -0.25) is 91.1 Å². The molecule has 0 radical (unpaired) electrons. The summed E-state index contributed by atoms with van der Waals surface area (Å²) in [6.45, 7) is 1.60. The summed E-state index contributed by atoms with van der Waals surface area (Å²) in [7, 11) is 0. The summed E-state index contributed by atoms with van der Waals surface area (Å²) in [6.07, 6.45) is -5.67. The Hall–Kier alpha value is -14.5. The standard InChI is InChI=1S/C80H101N17O27/c1-5-6-11-27-123-46-24-22-43(23-25-46)42-18-20-44(21-19-42)70(112)91-52(29-45-35-84-50-16-10-8-13-47(45)50)74(116)92-53(31-60(83)100)75(117)94-56(34-66(109)110)76(118)97-68-41(4)124-80(122)57(30-59(99)48-14-7-9-15-49(48)82)95-79(121)67(39(2)28-63(103)104)96-77(119)58(38-98)89-62(102)36-85-71(113)54(32-64(105)106)90-69(111)40(3)87-73(115)55(33-65(107)108)93-72(114)51(17-12-26-81)88-61(101)37-86-78(68)120/h7-10,13-16,18-25,35,39-41,51-58,67-68,84,98H,5-6,11-12,17,26-34,36-38,81-82H2,1-4H3,(H2,83,100)(H,85,113)(H,86,120)(H,87,115)(H,88,101)(H,89,102)(H,90,111)(H,91,112)(H,92,116)(H,93,114)(H,94,117)(H,95,121)(H,96,119)(H,97,118)(H,103,104)(H,105,106)(H,107,108)(H,109,110)/t39-,40+,41+,51-,52-,53-,54-,55+,56-,57-,58+,67-,68-/m0/s1. The molecule has 124 heavy (non-hydrogen) atoms. The molecule has 25 N–H and O–H groups in total. The minimum Gasteiger partial charge on any atom is -0.494 e. The third-order valence-electron chi connectivity index (χ3n) is 19.2. The zero-order valence-corrected chi connectivity index (χ0v) is 67.8. The number of nitrogens with two attached hydrogens (primary N) is 3. The van der Waals surface area contributed by atoms with Crippen LogP contribution in [0.3, 0.4) is 0 Å². The van der Waals surface area contributed by atoms with Crippen molar-refractivity contribution in [2.24, 2.45) is 17.4 Å². The van der Waals surface area contributed by atoms with Crippen LogP contribution in [-0.4, -0.2) is 254 Å². The largest absolute Gasteiger partial charge is 0.494 e. The van der Waals surface area contributed by atoms with E-state index in [2.05, 4.69) is 65.1 Å². The number of ether oxygens (including phenoxy) is 2. The molecule has 2 heterocycles. The minimum absolute atomic E-state index is 0.0556. The molecular formula is C80H101N17O27. The van der Waals surface area contributed by atoms with Gasteiger partial charge in [-0.25, -0.2) is 4.79 Å². The molecule has 1 aliphatic rings. The molecule has 1 aromatic heterocycles. The van der Waals surface area contributed by atoms with Gasteiger partial charge < -0.3 is 126 Å². The summed E-state index contributed by atoms with van der Waals surface area (Å²) in [6, 6.07) is 2.56. The number of H-pyrrole nitrogens is 1. The van der Waals surface area contributed by atoms with Crippen LogP contribution in [0.5, 0.6) is 5.75 Å². The van der Waals surface area contributed by atoms with Gasteiger partial charge in [0, 0.05) is 46.8 Å². The van der Waals surface area contributed by atoms with Gasteiger partial charge in [0.1, 0.15) is 78.3 Å². The number of aromatic nitrogens is 1. The smallest absolute Gasteiger partial charge is 0.329 e. The summed E-state index contributed by atoms with van der Waals surface area (Å²) in [5.74, 6) is -29.6. The van der Waals surface area contributed by atoms with Gasteiger partial charge >= 0.3 is 29.8 Å². The van der Waals surface area contributed by atoms with Crippen molar-refractivity contribution in [2.45, 2.75) is 177 Å². The highest BCUT2D eigenvalue weighted by Gasteiger charge is 2.41. The Bertz CT molecular complexity index is 4750. The molecule has 0 saturated carbocycles. The van der Waals surface area contributed by atoms with E-state index in [1.165, 1.54) is 36.4 Å². The Labute approximate surface area is 707 Å². The number of anilines is 1. The Balaban J connectivity index is 1.39. The van der Waals surface area contributed by atoms with E-state index in [9.17, 15) is 121 Å². The van der Waals surface area contributed by atoms with Gasteiger partial charge in [-0.05, 0) is 105 Å². The fraction of sp³-hybridized carbons (Fsp3) is 0.425. The maximum atomic E-state index is 14.9. The first-order chi connectivity index (χ1) is 58.8. The first-order valence-electron chi connectivity index (χ1n) is 39.1. The molecule has 13 atom stereocenters. The van der Waals surface area contributed by atoms with Crippen LogP contribution >= 0.6 is 0 Å². The Morgan fingerprint density at radius 2 is 1.10 bits per heavy atom. The van der Waals surface area contributed by atoms with E-state index >= 15 is 0 Å². The van der Waals surface area contributed by atoms with Crippen LogP contribution in [0.15, 0.2) is 103 Å². The predicted molar refractivity (Wildman–Crippen MR) is 434 cm³/mol. The number of aliphatic hydroxyl groups is 1. The average Bonchev–Trinajstić information content (AvgIpc) is 1.64. The molecule has 44 heteroatoms. The van der Waals surface area contributed by atoms with E-state index in [1.54, 1.807) is 54.7 Å². The van der Waals surface area contributed by atoms with Crippen LogP contribution in [0.25, 0.3) is 22.0 Å². The highest BCUT2D eigenvalue weighted by Crippen LogP contribution is 2.25. The van der Waals surface area contributed by atoms with E-state index in [1.807, 2.05) is 28.1 Å². The van der Waals surface area contributed by atoms with Crippen molar-refractivity contribution in [2.75, 3.05) is 38.6 Å². The van der Waals surface area contributed by atoms with Crippen LogP contribution in [-0.2, 0) is 97.5 Å². The van der Waals surface area contributed by atoms with Gasteiger partial charge in [0.2, 0.25) is 76.8 Å². The van der Waals surface area contributed by atoms with Gasteiger partial charge in [0.05, 0.1) is 58.4 Å². The number of aliphatic hydroxyl groups excluding tert-OH is 1. The summed E-state index contributed by atoms with van der Waals surface area (Å²) in [4.78, 5) is 278. The SMILES string of the molecule is CCCCCOc1ccc(-c2ccc(C(=O)N[C@@H](Cc3c[nH]c4ccccc34)C(=O)N[C@@H](CC(N)=O)C(=O)N[C@@H](CC(=O)O)C(=O)N[C@@H]3C(=O)NCC(=O)N[C@@H](CCCN)C(=O)N[C@H](CC(=O)O)C(=O)N[C@H](C)C(=O)N[C@@H](CC(=O)O)C(=O)NCC(=O)N[C@H](CO)C(=O)N[C@@H]([C@@H](C)CC(=O)O)C(=O)N[C@@H](CC(=O)c4ccccc4N)C(=O)O[C@@H]3C)cc2)cc1. The van der Waals surface area contributed by atoms with Crippen LogP contribution in [0.1, 0.15) is 125 Å². The van der Waals surface area contributed by atoms with E-state index in [4.69, 9.17) is 26.7 Å². The number of aliphatic carboxylic acids is 4. The number of fused-ring (bicyclic) bond motifs is 1. The number of primary amides is 1. The number of Topliss-reactive ketones (excluding diaryl/α,β-unsaturated/α-hetero) is 1. The molecule has 6 rings (SSSR count). The summed E-state index contributed by atoms with van der Waals surface area (Å²) < 4.78 is 11.5. The number of hydrogen-bond donors (Lipinski definition) is 22. The summed E-state index contributed by atoms with van der Waals surface area (Å²) >= 11 is 0. The number of esters is 1. The molecule has 1 fully saturated rings. The number of amides is 14. The van der Waals surface area contributed by atoms with Crippen molar-refractivity contribution in [1.82, 2.24) is 74.1 Å². The lowest BCUT2D eigenvalue weighted by Crippen LogP contribution is -2.62. The van der Waals surface area contributed by atoms with E-state index in [0.29, 0.717) is 34.4 Å². The van der Waals surface area contributed by atoms with Crippen molar-refractivity contribution in [1.29, 1.82) is 0 Å². The average molecular weight is 1730 g/mol. The fourth-order valence-corrected chi connectivity index (χ4v) is 12.6. The molecule has 0 spiro atoms. The zero-order chi connectivity index (χ0) is 91.6. The summed E-state index contributed by atoms with van der Waals surface area (Å²) in [5.41, 5.74) is 19.6. The number of nitrogen functional groups attached to an aromatic ring is 1. The number of cyclic esters (lactones) is 1. The Morgan fingerprint density at radius 3 is 1.69 bits per heavy atom. The number of nitrogens with one attached hydrogen (secondary N) is 14. The summed E-state index contributed by atoms with van der Waals surface area (Å²) in [5, 5.41) is 78.8. The minimum atomic E-state index is -2.47. The molecule has 0 unspecified atom stereocenters. The van der Waals surface area contributed by atoms with Gasteiger partial charge in [-0.1, -0.05) is 81.3 Å². The van der Waals surface area contributed by atoms with Crippen LogP contribution in [0, 0.1) is 5.92 Å². The number of carboxylic acid groups (broad SMARTS) is 4. The number of rotatable bonds is 34. The predicted octanol–water partition coefficient (Wildman–Crippen LogP) is -4.21. The first-order valence-corrected chi connectivity index (χ1v) is 39.1. The number of hydrogen-bond acceptors (Lipinski definition) is 25.